The van der Waals surface area contributed by atoms with Crippen LogP contribution in [0.4, 0.5) is 11.4 Å². The van der Waals surface area contributed by atoms with Crippen LogP contribution in [0.25, 0.3) is 0 Å². The average molecular weight is 466 g/mol. The van der Waals surface area contributed by atoms with Crippen molar-refractivity contribution < 1.29 is 9.59 Å². The van der Waals surface area contributed by atoms with Crippen molar-refractivity contribution in [2.24, 2.45) is 0 Å². The highest BCUT2D eigenvalue weighted by molar-refractivity contribution is 6.09. The Hall–Kier alpha value is -4.26. The number of rotatable bonds is 5. The van der Waals surface area contributed by atoms with E-state index in [0.717, 1.165) is 22.5 Å². The van der Waals surface area contributed by atoms with Crippen molar-refractivity contribution in [1.82, 2.24) is 14.8 Å². The summed E-state index contributed by atoms with van der Waals surface area (Å²) < 4.78 is 1.81. The number of fused-ring (bicyclic) bond motifs is 1. The SMILES string of the molecule is Cc1ccc(NC(=O)c2ccc3c(c2)[C@@H](c2ncn(C(C)C)n2)CN3C(=O)c2ccccc2)cc1. The van der Waals surface area contributed by atoms with Gasteiger partial charge in [0.1, 0.15) is 6.33 Å². The van der Waals surface area contributed by atoms with Crippen LogP contribution in [0, 0.1) is 6.92 Å². The number of aryl methyl sites for hydroxylation is 1. The highest BCUT2D eigenvalue weighted by Gasteiger charge is 2.36. The van der Waals surface area contributed by atoms with Crippen molar-refractivity contribution in [1.29, 1.82) is 0 Å². The van der Waals surface area contributed by atoms with Crippen molar-refractivity contribution in [3.63, 3.8) is 0 Å². The Labute approximate surface area is 204 Å². The predicted molar refractivity (Wildman–Crippen MR) is 136 cm³/mol. The van der Waals surface area contributed by atoms with Crippen LogP contribution in [0.3, 0.4) is 0 Å². The Bertz CT molecular complexity index is 1380. The Morgan fingerprint density at radius 1 is 0.971 bits per heavy atom. The van der Waals surface area contributed by atoms with Crippen LogP contribution in [0.1, 0.15) is 63.5 Å². The van der Waals surface area contributed by atoms with Crippen molar-refractivity contribution in [3.8, 4) is 0 Å². The highest BCUT2D eigenvalue weighted by Crippen LogP contribution is 2.40. The molecule has 1 aliphatic heterocycles. The average Bonchev–Trinajstić information content (AvgIpc) is 3.50. The second kappa shape index (κ2) is 9.18. The number of aromatic nitrogens is 3. The molecule has 0 aliphatic carbocycles. The molecular weight excluding hydrogens is 438 g/mol. The lowest BCUT2D eigenvalue weighted by Gasteiger charge is -2.18. The third kappa shape index (κ3) is 4.45. The lowest BCUT2D eigenvalue weighted by Crippen LogP contribution is -2.30. The second-order valence-corrected chi connectivity index (χ2v) is 9.10. The molecule has 1 aliphatic rings. The molecule has 0 radical (unpaired) electrons. The monoisotopic (exact) mass is 465 g/mol. The summed E-state index contributed by atoms with van der Waals surface area (Å²) in [5.41, 5.74) is 4.63. The number of hydrogen-bond acceptors (Lipinski definition) is 4. The van der Waals surface area contributed by atoms with Gasteiger partial charge in [-0.25, -0.2) is 4.98 Å². The van der Waals surface area contributed by atoms with E-state index >= 15 is 0 Å². The zero-order valence-electron chi connectivity index (χ0n) is 20.0. The first kappa shape index (κ1) is 22.5. The largest absolute Gasteiger partial charge is 0.322 e. The van der Waals surface area contributed by atoms with Crippen LogP contribution >= 0.6 is 0 Å². The van der Waals surface area contributed by atoms with Crippen molar-refractivity contribution in [3.05, 3.63) is 107 Å². The lowest BCUT2D eigenvalue weighted by molar-refractivity contribution is 0.0987. The van der Waals surface area contributed by atoms with Crippen LogP contribution in [-0.2, 0) is 0 Å². The number of carbonyl (C=O) groups is 2. The summed E-state index contributed by atoms with van der Waals surface area (Å²) in [5.74, 6) is 0.114. The van der Waals surface area contributed by atoms with Crippen molar-refractivity contribution in [2.75, 3.05) is 16.8 Å². The van der Waals surface area contributed by atoms with E-state index in [9.17, 15) is 9.59 Å². The summed E-state index contributed by atoms with van der Waals surface area (Å²) in [5, 5.41) is 7.63. The third-order valence-electron chi connectivity index (χ3n) is 6.26. The quantitative estimate of drug-likeness (QED) is 0.439. The third-order valence-corrected chi connectivity index (χ3v) is 6.26. The Morgan fingerprint density at radius 3 is 2.40 bits per heavy atom. The zero-order valence-corrected chi connectivity index (χ0v) is 20.0. The lowest BCUT2D eigenvalue weighted by atomic mass is 9.98. The van der Waals surface area contributed by atoms with Gasteiger partial charge in [-0.15, -0.1) is 0 Å². The molecule has 2 amide bonds. The van der Waals surface area contributed by atoms with Gasteiger partial charge < -0.3 is 10.2 Å². The maximum atomic E-state index is 13.4. The zero-order chi connectivity index (χ0) is 24.5. The number of carbonyl (C=O) groups excluding carboxylic acids is 2. The summed E-state index contributed by atoms with van der Waals surface area (Å²) >= 11 is 0. The molecule has 35 heavy (non-hydrogen) atoms. The summed E-state index contributed by atoms with van der Waals surface area (Å²) in [7, 11) is 0. The number of nitrogens with zero attached hydrogens (tertiary/aromatic N) is 4. The minimum atomic E-state index is -0.232. The predicted octanol–water partition coefficient (Wildman–Crippen LogP) is 5.21. The molecule has 0 bridgehead atoms. The molecule has 7 nitrogen and oxygen atoms in total. The van der Waals surface area contributed by atoms with Gasteiger partial charge in [0, 0.05) is 35.1 Å². The normalized spacial score (nSPS) is 14.7. The fraction of sp³-hybridized carbons (Fsp3) is 0.214. The number of anilines is 2. The molecule has 1 aromatic heterocycles. The Kier molecular flexibility index (Phi) is 5.91. The fourth-order valence-electron chi connectivity index (χ4n) is 4.29. The van der Waals surface area contributed by atoms with Gasteiger partial charge in [0.15, 0.2) is 5.82 Å². The topological polar surface area (TPSA) is 80.1 Å². The summed E-state index contributed by atoms with van der Waals surface area (Å²) in [6.45, 7) is 6.50. The van der Waals surface area contributed by atoms with E-state index in [1.807, 2.05) is 92.2 Å². The molecule has 0 spiro atoms. The van der Waals surface area contributed by atoms with Crippen LogP contribution in [0.2, 0.25) is 0 Å². The molecular formula is C28H27N5O2. The Morgan fingerprint density at radius 2 is 1.71 bits per heavy atom. The fourth-order valence-corrected chi connectivity index (χ4v) is 4.29. The van der Waals surface area contributed by atoms with Gasteiger partial charge in [0.05, 0.1) is 5.92 Å². The molecule has 1 atom stereocenters. The first-order valence-corrected chi connectivity index (χ1v) is 11.7. The van der Waals surface area contributed by atoms with Gasteiger partial charge in [-0.1, -0.05) is 35.9 Å². The first-order chi connectivity index (χ1) is 16.9. The van der Waals surface area contributed by atoms with Gasteiger partial charge in [-0.3, -0.25) is 14.3 Å². The second-order valence-electron chi connectivity index (χ2n) is 9.10. The molecule has 3 aromatic carbocycles. The molecule has 0 fully saturated rings. The Balaban J connectivity index is 1.51. The van der Waals surface area contributed by atoms with E-state index in [1.165, 1.54) is 0 Å². The van der Waals surface area contributed by atoms with Crippen molar-refractivity contribution in [2.45, 2.75) is 32.7 Å². The number of nitrogens with one attached hydrogen (secondary N) is 1. The summed E-state index contributed by atoms with van der Waals surface area (Å²) in [6, 6.07) is 22.5. The van der Waals surface area contributed by atoms with Gasteiger partial charge in [-0.2, -0.15) is 5.10 Å². The van der Waals surface area contributed by atoms with Gasteiger partial charge >= 0.3 is 0 Å². The first-order valence-electron chi connectivity index (χ1n) is 11.7. The van der Waals surface area contributed by atoms with E-state index in [4.69, 9.17) is 0 Å². The van der Waals surface area contributed by atoms with E-state index in [-0.39, 0.29) is 23.8 Å². The maximum absolute atomic E-state index is 13.4. The summed E-state index contributed by atoms with van der Waals surface area (Å²) in [4.78, 5) is 32.7. The molecule has 0 unspecified atom stereocenters. The van der Waals surface area contributed by atoms with Gasteiger partial charge in [0.2, 0.25) is 0 Å². The van der Waals surface area contributed by atoms with E-state index in [2.05, 4.69) is 15.4 Å². The van der Waals surface area contributed by atoms with E-state index in [1.54, 1.807) is 17.3 Å². The molecule has 0 saturated carbocycles. The molecule has 7 heteroatoms. The van der Waals surface area contributed by atoms with Gasteiger partial charge in [-0.05, 0) is 68.8 Å². The molecule has 0 saturated heterocycles. The molecule has 5 rings (SSSR count). The van der Waals surface area contributed by atoms with Gasteiger partial charge in [0.25, 0.3) is 11.8 Å². The van der Waals surface area contributed by atoms with Crippen molar-refractivity contribution >= 4 is 23.2 Å². The maximum Gasteiger partial charge on any atom is 0.258 e. The van der Waals surface area contributed by atoms with E-state index < -0.39 is 0 Å². The molecule has 4 aromatic rings. The molecule has 2 heterocycles. The number of amides is 2. The number of benzene rings is 3. The summed E-state index contributed by atoms with van der Waals surface area (Å²) in [6.07, 6.45) is 1.72. The van der Waals surface area contributed by atoms with Crippen LogP contribution in [0.5, 0.6) is 0 Å². The van der Waals surface area contributed by atoms with Crippen LogP contribution in [-0.4, -0.2) is 33.1 Å². The number of hydrogen-bond donors (Lipinski definition) is 1. The smallest absolute Gasteiger partial charge is 0.258 e. The molecule has 176 valence electrons. The standard InChI is InChI=1S/C28H27N5O2/c1-18(2)33-17-29-26(31-33)24-16-32(28(35)20-7-5-4-6-8-20)25-14-11-21(15-23(24)25)27(34)30-22-12-9-19(3)10-13-22/h4-15,17-18,24H,16H2,1-3H3,(H,30,34)/t24-/m0/s1. The van der Waals surface area contributed by atoms with Crippen LogP contribution in [0.15, 0.2) is 79.1 Å². The minimum absolute atomic E-state index is 0.0884. The molecule has 1 N–H and O–H groups in total. The minimum Gasteiger partial charge on any atom is -0.322 e. The van der Waals surface area contributed by atoms with Crippen LogP contribution < -0.4 is 10.2 Å². The highest BCUT2D eigenvalue weighted by atomic mass is 16.2. The van der Waals surface area contributed by atoms with E-state index in [0.29, 0.717) is 23.5 Å².